The van der Waals surface area contributed by atoms with E-state index in [0.29, 0.717) is 16.9 Å². The zero-order valence-corrected chi connectivity index (χ0v) is 17.4. The number of aryl methyl sites for hydroxylation is 2. The number of hydrogen-bond donors (Lipinski definition) is 2. The van der Waals surface area contributed by atoms with Crippen LogP contribution in [0.2, 0.25) is 0 Å². The van der Waals surface area contributed by atoms with E-state index in [4.69, 9.17) is 4.52 Å². The highest BCUT2D eigenvalue weighted by molar-refractivity contribution is 7.89. The summed E-state index contributed by atoms with van der Waals surface area (Å²) in [5, 5.41) is 6.33. The highest BCUT2D eigenvalue weighted by Gasteiger charge is 2.28. The van der Waals surface area contributed by atoms with Gasteiger partial charge in [-0.2, -0.15) is 4.72 Å². The molecule has 154 valence electrons. The van der Waals surface area contributed by atoms with Gasteiger partial charge >= 0.3 is 0 Å². The molecule has 0 saturated carbocycles. The number of rotatable bonds is 5. The van der Waals surface area contributed by atoms with E-state index in [1.807, 2.05) is 12.1 Å². The lowest BCUT2D eigenvalue weighted by atomic mass is 10.2. The van der Waals surface area contributed by atoms with Crippen LogP contribution >= 0.6 is 0 Å². The fourth-order valence-electron chi connectivity index (χ4n) is 2.70. The van der Waals surface area contributed by atoms with Crippen LogP contribution in [0, 0.1) is 25.7 Å². The summed E-state index contributed by atoms with van der Waals surface area (Å²) < 4.78 is 32.4. The van der Waals surface area contributed by atoms with Crippen LogP contribution in [0.3, 0.4) is 0 Å². The molecule has 0 unspecified atom stereocenters. The van der Waals surface area contributed by atoms with Gasteiger partial charge in [-0.25, -0.2) is 13.4 Å². The Bertz CT molecular complexity index is 1210. The largest absolute Gasteiger partial charge is 0.360 e. The van der Waals surface area contributed by atoms with Gasteiger partial charge in [0.2, 0.25) is 15.9 Å². The predicted octanol–water partition coefficient (Wildman–Crippen LogP) is 2.39. The molecule has 0 aliphatic carbocycles. The van der Waals surface area contributed by atoms with Crippen molar-refractivity contribution in [1.82, 2.24) is 14.9 Å². The van der Waals surface area contributed by atoms with Gasteiger partial charge in [0.15, 0.2) is 5.76 Å². The fourth-order valence-corrected chi connectivity index (χ4v) is 4.23. The number of nitrogens with zero attached hydrogens (tertiary/aromatic N) is 2. The lowest BCUT2D eigenvalue weighted by Crippen LogP contribution is -2.41. The SMILES string of the molecule is Cc1noc(C)c1S(=O)(=O)N[C@@H](C)C(=O)Nc1cccc(C#Cc2ccccn2)c1. The highest BCUT2D eigenvalue weighted by Crippen LogP contribution is 2.19. The molecule has 2 heterocycles. The van der Waals surface area contributed by atoms with E-state index in [1.54, 1.807) is 36.5 Å². The normalized spacial score (nSPS) is 12.0. The average molecular weight is 424 g/mol. The van der Waals surface area contributed by atoms with Gasteiger partial charge in [0, 0.05) is 17.4 Å². The van der Waals surface area contributed by atoms with Crippen molar-refractivity contribution in [2.75, 3.05) is 5.32 Å². The summed E-state index contributed by atoms with van der Waals surface area (Å²) >= 11 is 0. The number of nitrogens with one attached hydrogen (secondary N) is 2. The number of carbonyl (C=O) groups excluding carboxylic acids is 1. The second-order valence-electron chi connectivity index (χ2n) is 6.53. The monoisotopic (exact) mass is 424 g/mol. The maximum absolute atomic E-state index is 12.6. The molecule has 1 amide bonds. The summed E-state index contributed by atoms with van der Waals surface area (Å²) in [6, 6.07) is 11.4. The molecule has 0 saturated heterocycles. The zero-order chi connectivity index (χ0) is 21.7. The van der Waals surface area contributed by atoms with Crippen molar-refractivity contribution in [3.05, 3.63) is 71.4 Å². The maximum atomic E-state index is 12.6. The topological polar surface area (TPSA) is 114 Å². The molecule has 0 radical (unpaired) electrons. The number of carbonyl (C=O) groups is 1. The first-order chi connectivity index (χ1) is 14.3. The Morgan fingerprint density at radius 2 is 1.93 bits per heavy atom. The molecule has 8 nitrogen and oxygen atoms in total. The molecule has 1 aromatic carbocycles. The van der Waals surface area contributed by atoms with Crippen molar-refractivity contribution in [2.45, 2.75) is 31.7 Å². The predicted molar refractivity (Wildman–Crippen MR) is 111 cm³/mol. The number of sulfonamides is 1. The van der Waals surface area contributed by atoms with Gasteiger partial charge in [-0.1, -0.05) is 23.2 Å². The average Bonchev–Trinajstić information content (AvgIpc) is 3.06. The van der Waals surface area contributed by atoms with E-state index in [0.717, 1.165) is 0 Å². The van der Waals surface area contributed by atoms with Crippen LogP contribution < -0.4 is 10.0 Å². The number of pyridine rings is 1. The molecule has 0 fully saturated rings. The highest BCUT2D eigenvalue weighted by atomic mass is 32.2. The molecular formula is C21H20N4O4S. The summed E-state index contributed by atoms with van der Waals surface area (Å²) in [6.45, 7) is 4.47. The minimum atomic E-state index is -3.96. The fraction of sp³-hybridized carbons (Fsp3) is 0.190. The second-order valence-corrected chi connectivity index (χ2v) is 8.18. The molecule has 2 N–H and O–H groups in total. The molecule has 2 aromatic heterocycles. The van der Waals surface area contributed by atoms with Gasteiger partial charge in [0.25, 0.3) is 0 Å². The minimum Gasteiger partial charge on any atom is -0.360 e. The van der Waals surface area contributed by atoms with Crippen LogP contribution in [0.25, 0.3) is 0 Å². The van der Waals surface area contributed by atoms with Crippen LogP contribution in [0.1, 0.15) is 29.6 Å². The Labute approximate surface area is 174 Å². The van der Waals surface area contributed by atoms with Gasteiger partial charge in [-0.15, -0.1) is 0 Å². The van der Waals surface area contributed by atoms with Crippen molar-refractivity contribution in [3.8, 4) is 11.8 Å². The maximum Gasteiger partial charge on any atom is 0.246 e. The lowest BCUT2D eigenvalue weighted by Gasteiger charge is -2.14. The molecule has 0 aliphatic rings. The summed E-state index contributed by atoms with van der Waals surface area (Å²) in [5.74, 6) is 5.57. The standard InChI is InChI=1S/C21H20N4O4S/c1-14-20(16(3)29-24-14)30(27,28)25-15(2)21(26)23-19-9-6-7-17(13-19)10-11-18-8-4-5-12-22-18/h4-9,12-13,15,25H,1-3H3,(H,23,26)/t15-/m0/s1. The molecule has 1 atom stereocenters. The Morgan fingerprint density at radius 3 is 2.60 bits per heavy atom. The van der Waals surface area contributed by atoms with E-state index in [9.17, 15) is 13.2 Å². The van der Waals surface area contributed by atoms with Crippen LogP contribution in [0.5, 0.6) is 0 Å². The molecule has 3 rings (SSSR count). The number of benzene rings is 1. The Hall–Kier alpha value is -3.48. The minimum absolute atomic E-state index is 0.0612. The summed E-state index contributed by atoms with van der Waals surface area (Å²) in [5.41, 5.74) is 2.04. The quantitative estimate of drug-likeness (QED) is 0.608. The first-order valence-electron chi connectivity index (χ1n) is 9.05. The molecule has 9 heteroatoms. The van der Waals surface area contributed by atoms with Gasteiger partial charge < -0.3 is 9.84 Å². The smallest absolute Gasteiger partial charge is 0.246 e. The number of anilines is 1. The number of amides is 1. The van der Waals surface area contributed by atoms with Crippen molar-refractivity contribution >= 4 is 21.6 Å². The molecular weight excluding hydrogens is 404 g/mol. The first-order valence-corrected chi connectivity index (χ1v) is 10.5. The third-order valence-corrected chi connectivity index (χ3v) is 5.88. The number of hydrogen-bond acceptors (Lipinski definition) is 6. The molecule has 30 heavy (non-hydrogen) atoms. The second kappa shape index (κ2) is 8.90. The van der Waals surface area contributed by atoms with Crippen LogP contribution in [0.15, 0.2) is 58.1 Å². The van der Waals surface area contributed by atoms with E-state index >= 15 is 0 Å². The van der Waals surface area contributed by atoms with Gasteiger partial charge in [0.1, 0.15) is 16.3 Å². The third-order valence-electron chi connectivity index (χ3n) is 4.09. The Kier molecular flexibility index (Phi) is 6.30. The molecule has 0 spiro atoms. The molecule has 0 bridgehead atoms. The van der Waals surface area contributed by atoms with Crippen LogP contribution in [-0.2, 0) is 14.8 Å². The summed E-state index contributed by atoms with van der Waals surface area (Å²) in [6.07, 6.45) is 1.66. The van der Waals surface area contributed by atoms with Crippen LogP contribution in [-0.4, -0.2) is 30.5 Å². The summed E-state index contributed by atoms with van der Waals surface area (Å²) in [4.78, 5) is 16.6. The molecule has 0 aliphatic heterocycles. The molecule has 3 aromatic rings. The Morgan fingerprint density at radius 1 is 1.13 bits per heavy atom. The van der Waals surface area contributed by atoms with Crippen LogP contribution in [0.4, 0.5) is 5.69 Å². The van der Waals surface area contributed by atoms with E-state index in [1.165, 1.54) is 20.8 Å². The van der Waals surface area contributed by atoms with Gasteiger partial charge in [0.05, 0.1) is 6.04 Å². The van der Waals surface area contributed by atoms with E-state index < -0.39 is 22.0 Å². The van der Waals surface area contributed by atoms with Crippen molar-refractivity contribution < 1.29 is 17.7 Å². The zero-order valence-electron chi connectivity index (χ0n) is 16.6. The Balaban J connectivity index is 1.69. The van der Waals surface area contributed by atoms with Crippen molar-refractivity contribution in [1.29, 1.82) is 0 Å². The van der Waals surface area contributed by atoms with Crippen molar-refractivity contribution in [3.63, 3.8) is 0 Å². The first kappa shape index (κ1) is 21.2. The van der Waals surface area contributed by atoms with Crippen molar-refractivity contribution in [2.24, 2.45) is 0 Å². The third kappa shape index (κ3) is 5.11. The lowest BCUT2D eigenvalue weighted by molar-refractivity contribution is -0.117. The number of aromatic nitrogens is 2. The summed E-state index contributed by atoms with van der Waals surface area (Å²) in [7, 11) is -3.96. The van der Waals surface area contributed by atoms with Gasteiger partial charge in [-0.3, -0.25) is 4.79 Å². The van der Waals surface area contributed by atoms with E-state index in [-0.39, 0.29) is 16.3 Å². The van der Waals surface area contributed by atoms with E-state index in [2.05, 4.69) is 32.0 Å². The van der Waals surface area contributed by atoms with Gasteiger partial charge in [-0.05, 0) is 57.0 Å².